The maximum Gasteiger partial charge on any atom is 0.127 e. The molecule has 0 amide bonds. The Morgan fingerprint density at radius 3 is 2.65 bits per heavy atom. The van der Waals surface area contributed by atoms with E-state index in [-0.39, 0.29) is 5.92 Å². The molecule has 0 heterocycles. The van der Waals surface area contributed by atoms with Gasteiger partial charge in [0, 0.05) is 22.3 Å². The van der Waals surface area contributed by atoms with Crippen molar-refractivity contribution in [2.24, 2.45) is 5.92 Å². The molecule has 17 heavy (non-hydrogen) atoms. The van der Waals surface area contributed by atoms with E-state index < -0.39 is 4.33 Å². The maximum absolute atomic E-state index is 5.99. The second-order valence-corrected chi connectivity index (χ2v) is 6.06. The molecule has 1 N–H and O–H groups in total. The molecule has 0 spiro atoms. The second kappa shape index (κ2) is 4.56. The van der Waals surface area contributed by atoms with Crippen LogP contribution in [-0.2, 0) is 0 Å². The van der Waals surface area contributed by atoms with Gasteiger partial charge in [-0.2, -0.15) is 0 Å². The lowest BCUT2D eigenvalue weighted by molar-refractivity contribution is 1.00. The summed E-state index contributed by atoms with van der Waals surface area (Å²) in [7, 11) is 0. The lowest BCUT2D eigenvalue weighted by Gasteiger charge is -2.11. The lowest BCUT2D eigenvalue weighted by Crippen LogP contribution is -2.04. The monoisotopic (exact) mass is 287 g/mol. The van der Waals surface area contributed by atoms with Gasteiger partial charge in [-0.15, -0.1) is 23.2 Å². The average Bonchev–Trinajstić information content (AvgIpc) is 2.91. The van der Waals surface area contributed by atoms with Crippen molar-refractivity contribution in [1.82, 2.24) is 0 Å². The zero-order valence-corrected chi connectivity index (χ0v) is 11.4. The number of hydrogen-bond acceptors (Lipinski definition) is 1. The molecule has 1 nitrogen and oxygen atoms in total. The lowest BCUT2D eigenvalue weighted by atomic mass is 10.2. The number of benzene rings is 1. The molecule has 1 aromatic rings. The molecule has 1 unspecified atom stereocenters. The molecule has 0 bridgehead atoms. The summed E-state index contributed by atoms with van der Waals surface area (Å²) in [6, 6.07) is 5.61. The summed E-state index contributed by atoms with van der Waals surface area (Å²) < 4.78 is -0.655. The molecule has 0 aromatic heterocycles. The summed E-state index contributed by atoms with van der Waals surface area (Å²) in [5, 5.41) is 3.86. The highest BCUT2D eigenvalue weighted by molar-refractivity contribution is 6.51. The average molecular weight is 289 g/mol. The molecule has 90 valence electrons. The minimum atomic E-state index is -0.655. The molecular weight excluding hydrogens is 277 g/mol. The van der Waals surface area contributed by atoms with Gasteiger partial charge in [0.05, 0.1) is 0 Å². The first kappa shape index (κ1) is 12.8. The topological polar surface area (TPSA) is 12.0 Å². The fourth-order valence-corrected chi connectivity index (χ4v) is 2.41. The Labute approximate surface area is 116 Å². The minimum absolute atomic E-state index is 0.105. The molecular formula is C13H12Cl3N. The SMILES string of the molecule is C=Cc1cc(NC(=C)C2CC2(Cl)Cl)ccc1Cl. The van der Waals surface area contributed by atoms with E-state index in [1.165, 1.54) is 0 Å². The molecule has 0 radical (unpaired) electrons. The van der Waals surface area contributed by atoms with Crippen molar-refractivity contribution < 1.29 is 0 Å². The Hall–Kier alpha value is -0.630. The quantitative estimate of drug-likeness (QED) is 0.760. The Kier molecular flexibility index (Phi) is 3.44. The van der Waals surface area contributed by atoms with E-state index in [9.17, 15) is 0 Å². The summed E-state index contributed by atoms with van der Waals surface area (Å²) in [6.07, 6.45) is 2.45. The van der Waals surface area contributed by atoms with E-state index in [4.69, 9.17) is 34.8 Å². The molecule has 1 atom stereocenters. The van der Waals surface area contributed by atoms with Gasteiger partial charge < -0.3 is 5.32 Å². The smallest absolute Gasteiger partial charge is 0.127 e. The van der Waals surface area contributed by atoms with Crippen molar-refractivity contribution in [3.05, 3.63) is 47.6 Å². The van der Waals surface area contributed by atoms with Gasteiger partial charge in [0.1, 0.15) is 4.33 Å². The van der Waals surface area contributed by atoms with Crippen LogP contribution < -0.4 is 5.32 Å². The fourth-order valence-electron chi connectivity index (χ4n) is 1.64. The molecule has 0 aliphatic heterocycles. The number of halogens is 3. The Morgan fingerprint density at radius 2 is 2.12 bits per heavy atom. The summed E-state index contributed by atoms with van der Waals surface area (Å²) in [5.41, 5.74) is 2.61. The van der Waals surface area contributed by atoms with Crippen LogP contribution in [0, 0.1) is 5.92 Å². The summed E-state index contributed by atoms with van der Waals surface area (Å²) in [6.45, 7) is 7.65. The Bertz CT molecular complexity index is 480. The van der Waals surface area contributed by atoms with Crippen molar-refractivity contribution in [3.8, 4) is 0 Å². The van der Waals surface area contributed by atoms with Gasteiger partial charge in [-0.05, 0) is 30.2 Å². The van der Waals surface area contributed by atoms with Crippen LogP contribution in [0.15, 0.2) is 37.1 Å². The van der Waals surface area contributed by atoms with Gasteiger partial charge in [-0.3, -0.25) is 0 Å². The second-order valence-electron chi connectivity index (χ2n) is 4.11. The van der Waals surface area contributed by atoms with Crippen LogP contribution in [0.25, 0.3) is 6.08 Å². The Morgan fingerprint density at radius 1 is 1.47 bits per heavy atom. The van der Waals surface area contributed by atoms with Crippen LogP contribution in [-0.4, -0.2) is 4.33 Å². The van der Waals surface area contributed by atoms with Crippen LogP contribution >= 0.6 is 34.8 Å². The highest BCUT2D eigenvalue weighted by atomic mass is 35.5. The van der Waals surface area contributed by atoms with Gasteiger partial charge >= 0.3 is 0 Å². The van der Waals surface area contributed by atoms with Crippen molar-refractivity contribution in [1.29, 1.82) is 0 Å². The Balaban J connectivity index is 2.09. The first-order valence-electron chi connectivity index (χ1n) is 5.19. The highest BCUT2D eigenvalue weighted by Gasteiger charge is 2.53. The molecule has 1 saturated carbocycles. The summed E-state index contributed by atoms with van der Waals surface area (Å²) in [5.74, 6) is 0.105. The summed E-state index contributed by atoms with van der Waals surface area (Å²) in [4.78, 5) is 0. The zero-order chi connectivity index (χ0) is 12.6. The number of allylic oxidation sites excluding steroid dienone is 1. The molecule has 4 heteroatoms. The van der Waals surface area contributed by atoms with Crippen LogP contribution in [0.1, 0.15) is 12.0 Å². The van der Waals surface area contributed by atoms with Gasteiger partial charge in [0.15, 0.2) is 0 Å². The van der Waals surface area contributed by atoms with Gasteiger partial charge in [-0.25, -0.2) is 0 Å². The first-order chi connectivity index (χ1) is 7.94. The number of alkyl halides is 2. The van der Waals surface area contributed by atoms with Crippen molar-refractivity contribution in [3.63, 3.8) is 0 Å². The number of nitrogens with one attached hydrogen (secondary N) is 1. The number of hydrogen-bond donors (Lipinski definition) is 1. The van der Waals surface area contributed by atoms with Gasteiger partial charge in [-0.1, -0.05) is 30.8 Å². The molecule has 1 aliphatic rings. The van der Waals surface area contributed by atoms with E-state index in [1.807, 2.05) is 18.2 Å². The number of anilines is 1. The van der Waals surface area contributed by atoms with E-state index in [2.05, 4.69) is 18.5 Å². The highest BCUT2D eigenvalue weighted by Crippen LogP contribution is 2.56. The van der Waals surface area contributed by atoms with E-state index >= 15 is 0 Å². The van der Waals surface area contributed by atoms with Crippen LogP contribution in [0.3, 0.4) is 0 Å². The van der Waals surface area contributed by atoms with Crippen molar-refractivity contribution >= 4 is 46.6 Å². The predicted molar refractivity (Wildman–Crippen MR) is 76.8 cm³/mol. The minimum Gasteiger partial charge on any atom is -0.359 e. The fraction of sp³-hybridized carbons (Fsp3) is 0.231. The van der Waals surface area contributed by atoms with E-state index in [0.717, 1.165) is 23.4 Å². The van der Waals surface area contributed by atoms with E-state index in [0.29, 0.717) is 5.02 Å². The summed E-state index contributed by atoms with van der Waals surface area (Å²) >= 11 is 17.9. The normalized spacial score (nSPS) is 20.8. The third kappa shape index (κ3) is 2.79. The van der Waals surface area contributed by atoms with Gasteiger partial charge in [0.2, 0.25) is 0 Å². The number of rotatable bonds is 4. The molecule has 0 saturated heterocycles. The molecule has 1 aliphatic carbocycles. The third-order valence-corrected chi connectivity index (χ3v) is 3.95. The van der Waals surface area contributed by atoms with Crippen LogP contribution in [0.2, 0.25) is 5.02 Å². The largest absolute Gasteiger partial charge is 0.359 e. The van der Waals surface area contributed by atoms with Crippen LogP contribution in [0.4, 0.5) is 5.69 Å². The molecule has 1 fully saturated rings. The van der Waals surface area contributed by atoms with Crippen LogP contribution in [0.5, 0.6) is 0 Å². The standard InChI is InChI=1S/C13H12Cl3N/c1-3-9-6-10(4-5-12(9)14)17-8(2)11-7-13(11,15)16/h3-6,11,17H,1-2,7H2. The molecule has 2 rings (SSSR count). The zero-order valence-electron chi connectivity index (χ0n) is 9.14. The molecule has 1 aromatic carbocycles. The van der Waals surface area contributed by atoms with Crippen molar-refractivity contribution in [2.45, 2.75) is 10.8 Å². The van der Waals surface area contributed by atoms with Crippen molar-refractivity contribution in [2.75, 3.05) is 5.32 Å². The first-order valence-corrected chi connectivity index (χ1v) is 6.33. The predicted octanol–water partition coefficient (Wildman–Crippen LogP) is 5.10. The maximum atomic E-state index is 5.99. The third-order valence-electron chi connectivity index (χ3n) is 2.77. The van der Waals surface area contributed by atoms with E-state index in [1.54, 1.807) is 6.08 Å². The van der Waals surface area contributed by atoms with Gasteiger partial charge in [0.25, 0.3) is 0 Å².